The first-order chi connectivity index (χ1) is 14.1. The van der Waals surface area contributed by atoms with Gasteiger partial charge in [-0.15, -0.1) is 0 Å². The predicted octanol–water partition coefficient (Wildman–Crippen LogP) is 5.73. The molecule has 1 saturated carbocycles. The Balaban J connectivity index is 1.41. The lowest BCUT2D eigenvalue weighted by Gasteiger charge is -2.21. The van der Waals surface area contributed by atoms with Crippen LogP contribution in [0.15, 0.2) is 40.9 Å². The quantitative estimate of drug-likeness (QED) is 0.577. The zero-order chi connectivity index (χ0) is 20.0. The summed E-state index contributed by atoms with van der Waals surface area (Å²) < 4.78 is 6.14. The maximum Gasteiger partial charge on any atom is 0.251 e. The largest absolute Gasteiger partial charge is 0.439 e. The van der Waals surface area contributed by atoms with Gasteiger partial charge in [-0.25, -0.2) is 4.98 Å². The summed E-state index contributed by atoms with van der Waals surface area (Å²) in [5.74, 6) is 1.66. The van der Waals surface area contributed by atoms with Crippen molar-refractivity contribution >= 4 is 29.1 Å². The smallest absolute Gasteiger partial charge is 0.251 e. The summed E-state index contributed by atoms with van der Waals surface area (Å²) in [7, 11) is 0. The number of oxazole rings is 1. The maximum absolute atomic E-state index is 12.7. The molecule has 3 aromatic rings. The van der Waals surface area contributed by atoms with Crippen molar-refractivity contribution in [3.63, 3.8) is 0 Å². The molecule has 1 atom stereocenters. The molecule has 0 aliphatic heterocycles. The minimum absolute atomic E-state index is 0.227. The van der Waals surface area contributed by atoms with Crippen LogP contribution < -0.4 is 5.32 Å². The zero-order valence-electron chi connectivity index (χ0n) is 15.6. The highest BCUT2D eigenvalue weighted by Crippen LogP contribution is 2.40. The highest BCUT2D eigenvalue weighted by Gasteiger charge is 2.29. The fraction of sp³-hybridized carbons (Fsp3) is 0.318. The number of aryl methyl sites for hydroxylation is 1. The third kappa shape index (κ3) is 3.89. The second-order valence-electron chi connectivity index (χ2n) is 7.65. The molecule has 0 saturated heterocycles. The molecule has 0 bridgehead atoms. The van der Waals surface area contributed by atoms with Crippen LogP contribution in [0.2, 0.25) is 10.0 Å². The van der Waals surface area contributed by atoms with Gasteiger partial charge in [-0.3, -0.25) is 9.78 Å². The van der Waals surface area contributed by atoms with E-state index in [-0.39, 0.29) is 11.9 Å². The first kappa shape index (κ1) is 18.6. The molecule has 2 aliphatic carbocycles. The summed E-state index contributed by atoms with van der Waals surface area (Å²) in [6.45, 7) is 0. The van der Waals surface area contributed by atoms with Gasteiger partial charge >= 0.3 is 0 Å². The molecule has 5 rings (SSSR count). The van der Waals surface area contributed by atoms with E-state index in [1.165, 1.54) is 12.8 Å². The molecule has 148 valence electrons. The maximum atomic E-state index is 12.7. The van der Waals surface area contributed by atoms with Crippen molar-refractivity contribution in [2.24, 2.45) is 0 Å². The number of amides is 1. The van der Waals surface area contributed by atoms with Gasteiger partial charge in [0.25, 0.3) is 5.91 Å². The Bertz CT molecular complexity index is 1070. The fourth-order valence-corrected chi connectivity index (χ4v) is 4.32. The molecule has 29 heavy (non-hydrogen) atoms. The Hall–Kier alpha value is -2.37. The molecule has 0 radical (unpaired) electrons. The highest BCUT2D eigenvalue weighted by atomic mass is 35.5. The average Bonchev–Trinajstić information content (AvgIpc) is 3.46. The van der Waals surface area contributed by atoms with Gasteiger partial charge in [0.2, 0.25) is 5.89 Å². The molecule has 7 heteroatoms. The lowest BCUT2D eigenvalue weighted by atomic mass is 9.96. The number of nitrogens with zero attached hydrogens (tertiary/aromatic N) is 2. The highest BCUT2D eigenvalue weighted by molar-refractivity contribution is 6.35. The van der Waals surface area contributed by atoms with Crippen LogP contribution in [0.5, 0.6) is 0 Å². The predicted molar refractivity (Wildman–Crippen MR) is 111 cm³/mol. The van der Waals surface area contributed by atoms with Crippen molar-refractivity contribution in [3.8, 4) is 11.5 Å². The van der Waals surface area contributed by atoms with Gasteiger partial charge in [0, 0.05) is 39.0 Å². The Morgan fingerprint density at radius 1 is 1.10 bits per heavy atom. The molecule has 2 aliphatic rings. The second kappa shape index (κ2) is 7.47. The Labute approximate surface area is 178 Å². The van der Waals surface area contributed by atoms with Gasteiger partial charge in [-0.2, -0.15) is 0 Å². The number of aromatic nitrogens is 2. The molecule has 2 aromatic heterocycles. The molecule has 1 unspecified atom stereocenters. The van der Waals surface area contributed by atoms with Crippen LogP contribution >= 0.6 is 23.2 Å². The minimum Gasteiger partial charge on any atom is -0.439 e. The molecule has 1 N–H and O–H groups in total. The first-order valence-electron chi connectivity index (χ1n) is 9.80. The lowest BCUT2D eigenvalue weighted by Crippen LogP contribution is -2.30. The van der Waals surface area contributed by atoms with Gasteiger partial charge in [0.05, 0.1) is 11.7 Å². The van der Waals surface area contributed by atoms with Gasteiger partial charge in [-0.1, -0.05) is 23.2 Å². The normalized spacial score (nSPS) is 18.3. The van der Waals surface area contributed by atoms with Gasteiger partial charge < -0.3 is 9.73 Å². The van der Waals surface area contributed by atoms with E-state index < -0.39 is 0 Å². The minimum atomic E-state index is -0.231. The standard InChI is InChI=1S/C22H19Cl2N3O2/c23-15-8-14(9-16(24)11-15)21(28)26-17-2-1-3-18-20(17)29-22(27-18)13-6-7-25-19(10-13)12-4-5-12/h6-12,17H,1-5H2,(H,26,28). The van der Waals surface area contributed by atoms with E-state index in [4.69, 9.17) is 32.6 Å². The number of carbonyl (C=O) groups excluding carboxylic acids is 1. The third-order valence-electron chi connectivity index (χ3n) is 5.40. The van der Waals surface area contributed by atoms with Crippen LogP contribution in [0.4, 0.5) is 0 Å². The van der Waals surface area contributed by atoms with Crippen molar-refractivity contribution in [2.75, 3.05) is 0 Å². The number of fused-ring (bicyclic) bond motifs is 1. The van der Waals surface area contributed by atoms with Gasteiger partial charge in [0.1, 0.15) is 5.76 Å². The number of hydrogen-bond donors (Lipinski definition) is 1. The summed E-state index contributed by atoms with van der Waals surface area (Å²) in [6.07, 6.45) is 6.78. The fourth-order valence-electron chi connectivity index (χ4n) is 3.79. The van der Waals surface area contributed by atoms with E-state index in [0.29, 0.717) is 27.4 Å². The van der Waals surface area contributed by atoms with Crippen LogP contribution in [-0.2, 0) is 6.42 Å². The van der Waals surface area contributed by atoms with Crippen LogP contribution in [0, 0.1) is 0 Å². The molecule has 1 amide bonds. The number of carbonyl (C=O) groups is 1. The first-order valence-corrected chi connectivity index (χ1v) is 10.6. The molecule has 5 nitrogen and oxygen atoms in total. The summed E-state index contributed by atoms with van der Waals surface area (Å²) in [5.41, 5.74) is 3.37. The Morgan fingerprint density at radius 3 is 2.66 bits per heavy atom. The summed E-state index contributed by atoms with van der Waals surface area (Å²) in [4.78, 5) is 21.9. The van der Waals surface area contributed by atoms with Crippen LogP contribution in [0.25, 0.3) is 11.5 Å². The van der Waals surface area contributed by atoms with E-state index in [1.54, 1.807) is 18.2 Å². The molecule has 2 heterocycles. The SMILES string of the molecule is O=C(NC1CCCc2nc(-c3ccnc(C4CC4)c3)oc21)c1cc(Cl)cc(Cl)c1. The van der Waals surface area contributed by atoms with Gasteiger partial charge in [0.15, 0.2) is 0 Å². The monoisotopic (exact) mass is 427 g/mol. The lowest BCUT2D eigenvalue weighted by molar-refractivity contribution is 0.0927. The third-order valence-corrected chi connectivity index (χ3v) is 5.84. The van der Waals surface area contributed by atoms with E-state index in [2.05, 4.69) is 16.4 Å². The number of pyridine rings is 1. The number of hydrogen-bond acceptors (Lipinski definition) is 4. The van der Waals surface area contributed by atoms with Gasteiger partial charge in [-0.05, 0) is 62.4 Å². The molecular formula is C22H19Cl2N3O2. The van der Waals surface area contributed by atoms with Crippen molar-refractivity contribution in [1.29, 1.82) is 0 Å². The molecule has 0 spiro atoms. The Morgan fingerprint density at radius 2 is 1.90 bits per heavy atom. The molecular weight excluding hydrogens is 409 g/mol. The summed E-state index contributed by atoms with van der Waals surface area (Å²) >= 11 is 12.1. The average molecular weight is 428 g/mol. The Kier molecular flexibility index (Phi) is 4.80. The van der Waals surface area contributed by atoms with E-state index in [0.717, 1.165) is 42.0 Å². The van der Waals surface area contributed by atoms with Crippen LogP contribution in [0.1, 0.15) is 65.1 Å². The van der Waals surface area contributed by atoms with Crippen molar-refractivity contribution in [3.05, 3.63) is 69.3 Å². The second-order valence-corrected chi connectivity index (χ2v) is 8.52. The number of rotatable bonds is 4. The summed E-state index contributed by atoms with van der Waals surface area (Å²) in [5, 5.41) is 3.91. The zero-order valence-corrected chi connectivity index (χ0v) is 17.1. The number of benzene rings is 1. The topological polar surface area (TPSA) is 68.0 Å². The van der Waals surface area contributed by atoms with E-state index >= 15 is 0 Å². The number of halogens is 2. The van der Waals surface area contributed by atoms with E-state index in [1.807, 2.05) is 12.3 Å². The van der Waals surface area contributed by atoms with Crippen molar-refractivity contribution < 1.29 is 9.21 Å². The van der Waals surface area contributed by atoms with E-state index in [9.17, 15) is 4.79 Å². The molecule has 1 fully saturated rings. The number of nitrogens with one attached hydrogen (secondary N) is 1. The summed E-state index contributed by atoms with van der Waals surface area (Å²) in [6, 6.07) is 8.58. The van der Waals surface area contributed by atoms with Crippen molar-refractivity contribution in [2.45, 2.75) is 44.1 Å². The van der Waals surface area contributed by atoms with Crippen LogP contribution in [0.3, 0.4) is 0 Å². The molecule has 1 aromatic carbocycles. The van der Waals surface area contributed by atoms with Crippen molar-refractivity contribution in [1.82, 2.24) is 15.3 Å². The van der Waals surface area contributed by atoms with Crippen LogP contribution in [-0.4, -0.2) is 15.9 Å².